The fourth-order valence-electron chi connectivity index (χ4n) is 2.15. The predicted molar refractivity (Wildman–Crippen MR) is 95.6 cm³/mol. The summed E-state index contributed by atoms with van der Waals surface area (Å²) < 4.78 is 10.2. The van der Waals surface area contributed by atoms with Gasteiger partial charge in [-0.05, 0) is 37.1 Å². The lowest BCUT2D eigenvalue weighted by molar-refractivity contribution is -0.150. The van der Waals surface area contributed by atoms with Gasteiger partial charge in [0.05, 0.1) is 11.1 Å². The van der Waals surface area contributed by atoms with Crippen molar-refractivity contribution in [3.63, 3.8) is 0 Å². The molecule has 0 radical (unpaired) electrons. The van der Waals surface area contributed by atoms with Crippen LogP contribution in [-0.2, 0) is 14.3 Å². The molecule has 0 saturated carbocycles. The minimum absolute atomic E-state index is 0.172. The van der Waals surface area contributed by atoms with Crippen LogP contribution in [0.1, 0.15) is 24.1 Å². The molecule has 2 aromatic carbocycles. The Balaban J connectivity index is 1.74. The molecule has 0 aliphatic heterocycles. The van der Waals surface area contributed by atoms with Gasteiger partial charge in [0.25, 0.3) is 5.91 Å². The Morgan fingerprint density at radius 2 is 1.84 bits per heavy atom. The highest BCUT2D eigenvalue weighted by atomic mass is 35.5. The van der Waals surface area contributed by atoms with Crippen LogP contribution in [0.15, 0.2) is 48.5 Å². The Labute approximate surface area is 151 Å². The van der Waals surface area contributed by atoms with Gasteiger partial charge in [0, 0.05) is 0 Å². The van der Waals surface area contributed by atoms with E-state index in [0.29, 0.717) is 10.8 Å². The average molecular weight is 362 g/mol. The van der Waals surface area contributed by atoms with Crippen LogP contribution < -0.4 is 10.1 Å². The van der Waals surface area contributed by atoms with Gasteiger partial charge in [0.15, 0.2) is 13.2 Å². The minimum atomic E-state index is -0.639. The first-order chi connectivity index (χ1) is 12.0. The number of hydrogen-bond acceptors (Lipinski definition) is 4. The van der Waals surface area contributed by atoms with Gasteiger partial charge >= 0.3 is 5.97 Å². The van der Waals surface area contributed by atoms with Crippen molar-refractivity contribution < 1.29 is 19.1 Å². The topological polar surface area (TPSA) is 64.6 Å². The third kappa shape index (κ3) is 6.12. The largest absolute Gasteiger partial charge is 0.480 e. The van der Waals surface area contributed by atoms with Crippen LogP contribution in [0.3, 0.4) is 0 Å². The van der Waals surface area contributed by atoms with E-state index in [-0.39, 0.29) is 25.2 Å². The molecule has 1 amide bonds. The second-order valence-corrected chi connectivity index (χ2v) is 5.99. The molecule has 1 atom stereocenters. The molecule has 2 rings (SSSR count). The Kier molecular flexibility index (Phi) is 6.83. The second kappa shape index (κ2) is 9.08. The second-order valence-electron chi connectivity index (χ2n) is 5.58. The van der Waals surface area contributed by atoms with Gasteiger partial charge in [0.1, 0.15) is 5.75 Å². The summed E-state index contributed by atoms with van der Waals surface area (Å²) in [4.78, 5) is 23.6. The van der Waals surface area contributed by atoms with Gasteiger partial charge in [-0.15, -0.1) is 0 Å². The van der Waals surface area contributed by atoms with Gasteiger partial charge < -0.3 is 14.8 Å². The number of rotatable bonds is 7. The molecule has 5 nitrogen and oxygen atoms in total. The molecule has 1 N–H and O–H groups in total. The lowest BCUT2D eigenvalue weighted by Gasteiger charge is -2.14. The monoisotopic (exact) mass is 361 g/mol. The molecule has 0 heterocycles. The van der Waals surface area contributed by atoms with Crippen molar-refractivity contribution in [1.82, 2.24) is 5.32 Å². The van der Waals surface area contributed by atoms with Crippen LogP contribution in [0, 0.1) is 6.92 Å². The van der Waals surface area contributed by atoms with Crippen LogP contribution in [0.4, 0.5) is 0 Å². The van der Waals surface area contributed by atoms with E-state index in [4.69, 9.17) is 21.1 Å². The summed E-state index contributed by atoms with van der Waals surface area (Å²) >= 11 is 5.98. The third-order valence-corrected chi connectivity index (χ3v) is 3.79. The molecule has 0 bridgehead atoms. The molecule has 0 aromatic heterocycles. The molecule has 6 heteroatoms. The van der Waals surface area contributed by atoms with Crippen molar-refractivity contribution >= 4 is 23.5 Å². The van der Waals surface area contributed by atoms with E-state index < -0.39 is 5.97 Å². The van der Waals surface area contributed by atoms with Gasteiger partial charge in [-0.25, -0.2) is 4.79 Å². The molecule has 132 valence electrons. The molecule has 0 spiro atoms. The maximum Gasteiger partial charge on any atom is 0.344 e. The van der Waals surface area contributed by atoms with E-state index in [1.54, 1.807) is 12.1 Å². The van der Waals surface area contributed by atoms with Crippen molar-refractivity contribution in [2.24, 2.45) is 0 Å². The van der Waals surface area contributed by atoms with Crippen LogP contribution in [-0.4, -0.2) is 25.1 Å². The highest BCUT2D eigenvalue weighted by molar-refractivity contribution is 6.32. The predicted octanol–water partition coefficient (Wildman–Crippen LogP) is 3.45. The summed E-state index contributed by atoms with van der Waals surface area (Å²) in [6.45, 7) is 3.07. The fourth-order valence-corrected chi connectivity index (χ4v) is 2.33. The Hall–Kier alpha value is -2.53. The van der Waals surface area contributed by atoms with E-state index >= 15 is 0 Å². The molecule has 25 heavy (non-hydrogen) atoms. The summed E-state index contributed by atoms with van der Waals surface area (Å²) in [6.07, 6.45) is 0. The molecule has 0 unspecified atom stereocenters. The van der Waals surface area contributed by atoms with E-state index in [9.17, 15) is 9.59 Å². The van der Waals surface area contributed by atoms with E-state index in [1.165, 1.54) is 0 Å². The molecule has 0 aliphatic carbocycles. The quantitative estimate of drug-likeness (QED) is 0.767. The maximum absolute atomic E-state index is 11.9. The normalized spacial score (nSPS) is 11.5. The number of carbonyl (C=O) groups is 2. The van der Waals surface area contributed by atoms with Crippen LogP contribution in [0.25, 0.3) is 0 Å². The smallest absolute Gasteiger partial charge is 0.344 e. The lowest BCUT2D eigenvalue weighted by Crippen LogP contribution is -2.31. The van der Waals surface area contributed by atoms with E-state index in [1.807, 2.05) is 50.2 Å². The van der Waals surface area contributed by atoms with Gasteiger partial charge in [-0.2, -0.15) is 0 Å². The van der Waals surface area contributed by atoms with Crippen molar-refractivity contribution in [2.75, 3.05) is 13.2 Å². The number of halogens is 1. The number of esters is 1. The average Bonchev–Trinajstić information content (AvgIpc) is 2.61. The number of hydrogen-bond donors (Lipinski definition) is 1. The summed E-state index contributed by atoms with van der Waals surface area (Å²) in [5.41, 5.74) is 1.93. The fraction of sp³-hybridized carbons (Fsp3) is 0.263. The molecule has 0 aliphatic rings. The van der Waals surface area contributed by atoms with Crippen LogP contribution in [0.2, 0.25) is 5.02 Å². The summed E-state index contributed by atoms with van der Waals surface area (Å²) in [5.74, 6) is -0.612. The number of ether oxygens (including phenoxy) is 2. The first-order valence-corrected chi connectivity index (χ1v) is 8.22. The standard InChI is InChI=1S/C19H20ClNO4/c1-13-8-9-16(20)17(10-13)24-12-19(23)25-11-18(22)21-14(2)15-6-4-3-5-7-15/h3-10,14H,11-12H2,1-2H3,(H,21,22)/t14-/m1/s1. The molecular formula is C19H20ClNO4. The molecule has 0 saturated heterocycles. The van der Waals surface area contributed by atoms with E-state index in [2.05, 4.69) is 5.32 Å². The zero-order chi connectivity index (χ0) is 18.2. The SMILES string of the molecule is Cc1ccc(Cl)c(OCC(=O)OCC(=O)N[C@H](C)c2ccccc2)c1. The third-order valence-electron chi connectivity index (χ3n) is 3.47. The Morgan fingerprint density at radius 3 is 2.56 bits per heavy atom. The first kappa shape index (κ1) is 18.8. The number of benzene rings is 2. The zero-order valence-corrected chi connectivity index (χ0v) is 14.9. The van der Waals surface area contributed by atoms with Crippen LogP contribution in [0.5, 0.6) is 5.75 Å². The van der Waals surface area contributed by atoms with Crippen molar-refractivity contribution in [1.29, 1.82) is 0 Å². The minimum Gasteiger partial charge on any atom is -0.480 e. The van der Waals surface area contributed by atoms with Crippen LogP contribution >= 0.6 is 11.6 Å². The number of nitrogens with one attached hydrogen (secondary N) is 1. The first-order valence-electron chi connectivity index (χ1n) is 7.84. The summed E-state index contributed by atoms with van der Waals surface area (Å²) in [5, 5.41) is 3.17. The maximum atomic E-state index is 11.9. The highest BCUT2D eigenvalue weighted by Gasteiger charge is 2.12. The number of amides is 1. The molecule has 0 fully saturated rings. The molecular weight excluding hydrogens is 342 g/mol. The van der Waals surface area contributed by atoms with Gasteiger partial charge in [0.2, 0.25) is 0 Å². The summed E-state index contributed by atoms with van der Waals surface area (Å²) in [7, 11) is 0. The zero-order valence-electron chi connectivity index (χ0n) is 14.1. The van der Waals surface area contributed by atoms with Crippen molar-refractivity contribution in [2.45, 2.75) is 19.9 Å². The Bertz CT molecular complexity index is 733. The Morgan fingerprint density at radius 1 is 1.12 bits per heavy atom. The number of aryl methyl sites for hydroxylation is 1. The molecule has 2 aromatic rings. The lowest BCUT2D eigenvalue weighted by atomic mass is 10.1. The highest BCUT2D eigenvalue weighted by Crippen LogP contribution is 2.25. The van der Waals surface area contributed by atoms with Crippen molar-refractivity contribution in [3.05, 3.63) is 64.7 Å². The van der Waals surface area contributed by atoms with Crippen molar-refractivity contribution in [3.8, 4) is 5.75 Å². The number of carbonyl (C=O) groups excluding carboxylic acids is 2. The summed E-state index contributed by atoms with van der Waals surface area (Å²) in [6, 6.07) is 14.6. The van der Waals surface area contributed by atoms with E-state index in [0.717, 1.165) is 11.1 Å². The van der Waals surface area contributed by atoms with Gasteiger partial charge in [-0.1, -0.05) is 48.0 Å². The van der Waals surface area contributed by atoms with Gasteiger partial charge in [-0.3, -0.25) is 4.79 Å².